The predicted molar refractivity (Wildman–Crippen MR) is 84.6 cm³/mol. The van der Waals surface area contributed by atoms with Crippen LogP contribution in [0.5, 0.6) is 0 Å². The summed E-state index contributed by atoms with van der Waals surface area (Å²) in [6.45, 7) is 2.88. The van der Waals surface area contributed by atoms with Crippen molar-refractivity contribution < 1.29 is 4.42 Å². The minimum Gasteiger partial charge on any atom is -0.432 e. The van der Waals surface area contributed by atoms with Gasteiger partial charge in [0.25, 0.3) is 6.01 Å². The van der Waals surface area contributed by atoms with Gasteiger partial charge in [-0.15, -0.1) is 0 Å². The molecule has 3 rings (SSSR count). The molecule has 21 heavy (non-hydrogen) atoms. The second-order valence-corrected chi connectivity index (χ2v) is 6.05. The lowest BCUT2D eigenvalue weighted by molar-refractivity contribution is 0.525. The van der Waals surface area contributed by atoms with Gasteiger partial charge in [-0.25, -0.2) is 0 Å². The molecule has 1 heterocycles. The Morgan fingerprint density at radius 2 is 2.29 bits per heavy atom. The highest BCUT2D eigenvalue weighted by Crippen LogP contribution is 2.26. The monoisotopic (exact) mass is 305 g/mol. The van der Waals surface area contributed by atoms with Crippen LogP contribution in [0.3, 0.4) is 0 Å². The van der Waals surface area contributed by atoms with Crippen LogP contribution >= 0.6 is 11.6 Å². The van der Waals surface area contributed by atoms with Crippen LogP contribution in [0.4, 0.5) is 6.01 Å². The van der Waals surface area contributed by atoms with Crippen LogP contribution in [0.2, 0.25) is 5.02 Å². The van der Waals surface area contributed by atoms with E-state index in [1.165, 1.54) is 12.8 Å². The number of benzene rings is 1. The van der Waals surface area contributed by atoms with Crippen LogP contribution in [0, 0.1) is 0 Å². The minimum absolute atomic E-state index is 0.145. The van der Waals surface area contributed by atoms with Crippen LogP contribution in [0.25, 0.3) is 0 Å². The van der Waals surface area contributed by atoms with Crippen molar-refractivity contribution in [2.75, 3.05) is 11.9 Å². The highest BCUT2D eigenvalue weighted by molar-refractivity contribution is 6.30. The van der Waals surface area contributed by atoms with E-state index in [2.05, 4.69) is 23.3 Å². The van der Waals surface area contributed by atoms with Gasteiger partial charge in [-0.2, -0.15) is 4.98 Å². The molecular formula is C16H20ClN3O. The van der Waals surface area contributed by atoms with E-state index in [0.717, 1.165) is 22.8 Å². The summed E-state index contributed by atoms with van der Waals surface area (Å²) in [4.78, 5) is 6.56. The number of hydrogen-bond acceptors (Lipinski definition) is 4. The van der Waals surface area contributed by atoms with Gasteiger partial charge in [0.05, 0.1) is 11.7 Å². The predicted octanol–water partition coefficient (Wildman–Crippen LogP) is 3.78. The van der Waals surface area contributed by atoms with Gasteiger partial charge in [0, 0.05) is 24.7 Å². The zero-order chi connectivity index (χ0) is 14.8. The van der Waals surface area contributed by atoms with Crippen molar-refractivity contribution in [3.63, 3.8) is 0 Å². The molecule has 1 aliphatic carbocycles. The van der Waals surface area contributed by atoms with Gasteiger partial charge in [-0.1, -0.05) is 23.7 Å². The molecule has 0 spiro atoms. The van der Waals surface area contributed by atoms with Crippen molar-refractivity contribution >= 4 is 17.6 Å². The SMILES string of the molecule is CC(c1cccc(Cl)c1)N(C)c1nc(CNC2CC2)co1. The van der Waals surface area contributed by atoms with Crippen LogP contribution < -0.4 is 10.2 Å². The lowest BCUT2D eigenvalue weighted by Gasteiger charge is -2.23. The highest BCUT2D eigenvalue weighted by Gasteiger charge is 2.21. The van der Waals surface area contributed by atoms with Gasteiger partial charge in [0.15, 0.2) is 0 Å². The fraction of sp³-hybridized carbons (Fsp3) is 0.438. The van der Waals surface area contributed by atoms with Crippen molar-refractivity contribution in [3.05, 3.63) is 46.8 Å². The first kappa shape index (κ1) is 14.4. The van der Waals surface area contributed by atoms with E-state index in [0.29, 0.717) is 12.1 Å². The van der Waals surface area contributed by atoms with E-state index in [-0.39, 0.29) is 6.04 Å². The molecule has 0 aliphatic heterocycles. The van der Waals surface area contributed by atoms with E-state index in [4.69, 9.17) is 16.0 Å². The molecule has 1 aromatic heterocycles. The van der Waals surface area contributed by atoms with Crippen molar-refractivity contribution in [2.24, 2.45) is 0 Å². The lowest BCUT2D eigenvalue weighted by Crippen LogP contribution is -2.22. The fourth-order valence-corrected chi connectivity index (χ4v) is 2.43. The number of aromatic nitrogens is 1. The third kappa shape index (κ3) is 3.57. The smallest absolute Gasteiger partial charge is 0.297 e. The van der Waals surface area contributed by atoms with E-state index >= 15 is 0 Å². The van der Waals surface area contributed by atoms with Gasteiger partial charge in [-0.3, -0.25) is 0 Å². The van der Waals surface area contributed by atoms with Gasteiger partial charge >= 0.3 is 0 Å². The summed E-state index contributed by atoms with van der Waals surface area (Å²) in [5.41, 5.74) is 2.09. The van der Waals surface area contributed by atoms with Crippen LogP contribution in [-0.4, -0.2) is 18.1 Å². The van der Waals surface area contributed by atoms with Crippen molar-refractivity contribution in [1.82, 2.24) is 10.3 Å². The molecule has 0 amide bonds. The van der Waals surface area contributed by atoms with Crippen molar-refractivity contribution in [3.8, 4) is 0 Å². The summed E-state index contributed by atoms with van der Waals surface area (Å²) < 4.78 is 5.59. The third-order valence-electron chi connectivity index (χ3n) is 3.90. The second-order valence-electron chi connectivity index (χ2n) is 5.62. The molecule has 0 radical (unpaired) electrons. The number of oxazole rings is 1. The first-order chi connectivity index (χ1) is 10.1. The van der Waals surface area contributed by atoms with Crippen LogP contribution in [-0.2, 0) is 6.54 Å². The molecule has 0 saturated heterocycles. The van der Waals surface area contributed by atoms with Gasteiger partial charge in [0.2, 0.25) is 0 Å². The highest BCUT2D eigenvalue weighted by atomic mass is 35.5. The first-order valence-electron chi connectivity index (χ1n) is 7.29. The number of nitrogens with one attached hydrogen (secondary N) is 1. The molecule has 1 aromatic carbocycles. The number of rotatable bonds is 6. The molecule has 1 N–H and O–H groups in total. The van der Waals surface area contributed by atoms with Gasteiger partial charge in [0.1, 0.15) is 6.26 Å². The van der Waals surface area contributed by atoms with E-state index in [9.17, 15) is 0 Å². The zero-order valence-electron chi connectivity index (χ0n) is 12.3. The van der Waals surface area contributed by atoms with Crippen LogP contribution in [0.15, 0.2) is 34.9 Å². The number of nitrogens with zero attached hydrogens (tertiary/aromatic N) is 2. The average molecular weight is 306 g/mol. The Balaban J connectivity index is 1.67. The molecule has 2 aromatic rings. The van der Waals surface area contributed by atoms with Crippen LogP contribution in [0.1, 0.15) is 37.1 Å². The Hall–Kier alpha value is -1.52. The minimum atomic E-state index is 0.145. The Morgan fingerprint density at radius 3 is 3.00 bits per heavy atom. The number of hydrogen-bond donors (Lipinski definition) is 1. The Morgan fingerprint density at radius 1 is 1.48 bits per heavy atom. The van der Waals surface area contributed by atoms with E-state index in [1.807, 2.05) is 30.1 Å². The average Bonchev–Trinajstić information content (AvgIpc) is 3.20. The summed E-state index contributed by atoms with van der Waals surface area (Å²) in [5, 5.41) is 4.18. The zero-order valence-corrected chi connectivity index (χ0v) is 13.1. The molecule has 1 saturated carbocycles. The fourth-order valence-electron chi connectivity index (χ4n) is 2.23. The summed E-state index contributed by atoms with van der Waals surface area (Å²) >= 11 is 6.05. The molecule has 4 nitrogen and oxygen atoms in total. The summed E-state index contributed by atoms with van der Waals surface area (Å²) in [5.74, 6) is 0. The molecular weight excluding hydrogens is 286 g/mol. The lowest BCUT2D eigenvalue weighted by atomic mass is 10.1. The topological polar surface area (TPSA) is 41.3 Å². The molecule has 1 atom stereocenters. The molecule has 1 unspecified atom stereocenters. The summed E-state index contributed by atoms with van der Waals surface area (Å²) in [6, 6.07) is 9.33. The first-order valence-corrected chi connectivity index (χ1v) is 7.67. The number of halogens is 1. The van der Waals surface area contributed by atoms with Gasteiger partial charge in [-0.05, 0) is 37.5 Å². The normalized spacial score (nSPS) is 16.0. The number of anilines is 1. The Bertz CT molecular complexity index is 609. The maximum atomic E-state index is 6.05. The van der Waals surface area contributed by atoms with Crippen molar-refractivity contribution in [1.29, 1.82) is 0 Å². The maximum absolute atomic E-state index is 6.05. The second kappa shape index (κ2) is 6.08. The maximum Gasteiger partial charge on any atom is 0.297 e. The van der Waals surface area contributed by atoms with E-state index in [1.54, 1.807) is 6.26 Å². The molecule has 0 bridgehead atoms. The van der Waals surface area contributed by atoms with Crippen molar-refractivity contribution in [2.45, 2.75) is 38.4 Å². The Labute approximate surface area is 130 Å². The largest absolute Gasteiger partial charge is 0.432 e. The molecule has 112 valence electrons. The van der Waals surface area contributed by atoms with Gasteiger partial charge < -0.3 is 14.6 Å². The van der Waals surface area contributed by atoms with E-state index < -0.39 is 0 Å². The molecule has 1 aliphatic rings. The molecule has 5 heteroatoms. The standard InChI is InChI=1S/C16H20ClN3O/c1-11(12-4-3-5-13(17)8-12)20(2)16-19-15(10-21-16)9-18-14-6-7-14/h3-5,8,10-11,14,18H,6-7,9H2,1-2H3. The quantitative estimate of drug-likeness (QED) is 0.882. The summed E-state index contributed by atoms with van der Waals surface area (Å²) in [6.07, 6.45) is 4.28. The molecule has 1 fully saturated rings. The Kier molecular flexibility index (Phi) is 4.17. The summed E-state index contributed by atoms with van der Waals surface area (Å²) in [7, 11) is 1.98. The third-order valence-corrected chi connectivity index (χ3v) is 4.14.